The van der Waals surface area contributed by atoms with Gasteiger partial charge in [0.2, 0.25) is 0 Å². The minimum absolute atomic E-state index is 0.0622. The summed E-state index contributed by atoms with van der Waals surface area (Å²) in [5.41, 5.74) is 12.7. The van der Waals surface area contributed by atoms with Crippen LogP contribution in [-0.4, -0.2) is 115 Å². The predicted molar refractivity (Wildman–Crippen MR) is 198 cm³/mol. The van der Waals surface area contributed by atoms with Crippen molar-refractivity contribution >= 4 is 11.7 Å². The van der Waals surface area contributed by atoms with Crippen LogP contribution in [0.3, 0.4) is 0 Å². The number of hydrogen-bond acceptors (Lipinski definition) is 12. The van der Waals surface area contributed by atoms with E-state index in [2.05, 4.69) is 9.80 Å². The van der Waals surface area contributed by atoms with Crippen LogP contribution in [0.1, 0.15) is 86.5 Å². The van der Waals surface area contributed by atoms with Gasteiger partial charge in [0.05, 0.1) is 22.0 Å². The molecule has 284 valence electrons. The second-order valence-electron chi connectivity index (χ2n) is 19.4. The molecule has 3 spiro atoms. The van der Waals surface area contributed by atoms with E-state index >= 15 is 0 Å². The molecule has 0 unspecified atom stereocenters. The van der Waals surface area contributed by atoms with E-state index in [0.29, 0.717) is 86.4 Å². The smallest absolute Gasteiger partial charge is 0.165 e. The summed E-state index contributed by atoms with van der Waals surface area (Å²) in [4.78, 5) is 15.7. The van der Waals surface area contributed by atoms with Crippen molar-refractivity contribution in [1.29, 1.82) is 0 Å². The van der Waals surface area contributed by atoms with Crippen molar-refractivity contribution in [2.45, 2.75) is 134 Å². The first-order chi connectivity index (χ1) is 26.0. The molecule has 6 fully saturated rings. The van der Waals surface area contributed by atoms with E-state index in [9.17, 15) is 20.4 Å². The van der Waals surface area contributed by atoms with E-state index in [0.717, 1.165) is 48.4 Å². The standard InChI is InChI=1S/C42H50N6O6/c43-35-40(10-12-42(52)28-18-24-6-8-26(50)32-30(24)38(42,34(40)54-32)14-16-48(28)20-22-3-4-22)46-36(45-35)39(44)9-11-41(51)27-17-23-5-7-25(49)31-29(23)37(41,33(39)53-31)13-15-47(27)19-21-1-2-21/h5-8,21-22,27-28,33-34,49-52H,1-4,9-20,44H2,(H2,43,45,46)/t27-,28-,33-,34-,37+,38+,39+,40+,41-,42-/m1/s1. The van der Waals surface area contributed by atoms with E-state index in [4.69, 9.17) is 30.9 Å². The lowest BCUT2D eigenvalue weighted by atomic mass is 9.45. The summed E-state index contributed by atoms with van der Waals surface area (Å²) in [5.74, 6) is 3.09. The molecule has 8 N–H and O–H groups in total. The Morgan fingerprint density at radius 1 is 0.704 bits per heavy atom. The van der Waals surface area contributed by atoms with Gasteiger partial charge in [0.25, 0.3) is 0 Å². The molecule has 54 heavy (non-hydrogen) atoms. The highest BCUT2D eigenvalue weighted by Gasteiger charge is 2.80. The van der Waals surface area contributed by atoms with Crippen LogP contribution >= 0.6 is 0 Å². The number of piperidine rings is 2. The first-order valence-corrected chi connectivity index (χ1v) is 20.7. The molecule has 12 nitrogen and oxygen atoms in total. The maximum Gasteiger partial charge on any atom is 0.165 e. The molecule has 11 aliphatic rings. The van der Waals surface area contributed by atoms with Crippen molar-refractivity contribution in [2.75, 3.05) is 26.2 Å². The van der Waals surface area contributed by atoms with Crippen molar-refractivity contribution in [1.82, 2.24) is 9.80 Å². The molecule has 4 bridgehead atoms. The fraction of sp³-hybridized carbons (Fsp3) is 0.667. The quantitative estimate of drug-likeness (QED) is 0.266. The number of benzene rings is 2. The molecule has 2 saturated heterocycles. The van der Waals surface area contributed by atoms with Crippen LogP contribution in [0.2, 0.25) is 0 Å². The lowest BCUT2D eigenvalue weighted by Gasteiger charge is -2.66. The highest BCUT2D eigenvalue weighted by Crippen LogP contribution is 2.70. The Bertz CT molecular complexity index is 2150. The maximum atomic E-state index is 13.2. The molecular formula is C42H50N6O6. The Kier molecular flexibility index (Phi) is 5.63. The van der Waals surface area contributed by atoms with Gasteiger partial charge in [-0.2, -0.15) is 0 Å². The number of nitrogens with zero attached hydrogens (tertiary/aromatic N) is 4. The summed E-state index contributed by atoms with van der Waals surface area (Å²) in [6, 6.07) is 7.32. The fourth-order valence-electron chi connectivity index (χ4n) is 14.3. The lowest BCUT2D eigenvalue weighted by Crippen LogP contribution is -2.81. The van der Waals surface area contributed by atoms with Crippen LogP contribution in [-0.2, 0) is 23.7 Å². The molecular weight excluding hydrogens is 684 g/mol. The third-order valence-electron chi connectivity index (χ3n) is 17.1. The molecule has 4 saturated carbocycles. The Morgan fingerprint density at radius 2 is 1.22 bits per heavy atom. The first-order valence-electron chi connectivity index (χ1n) is 20.7. The zero-order valence-electron chi connectivity index (χ0n) is 30.6. The van der Waals surface area contributed by atoms with Gasteiger partial charge in [-0.25, -0.2) is 9.98 Å². The summed E-state index contributed by atoms with van der Waals surface area (Å²) in [7, 11) is 0. The average Bonchev–Trinajstić information content (AvgIpc) is 4.05. The van der Waals surface area contributed by atoms with Crippen molar-refractivity contribution < 1.29 is 29.9 Å². The summed E-state index contributed by atoms with van der Waals surface area (Å²) < 4.78 is 13.9. The second-order valence-corrected chi connectivity index (χ2v) is 19.4. The largest absolute Gasteiger partial charge is 0.504 e. The molecule has 2 aromatic rings. The number of phenols is 2. The number of hydrogen-bond donors (Lipinski definition) is 6. The Morgan fingerprint density at radius 3 is 1.78 bits per heavy atom. The number of amidine groups is 2. The van der Waals surface area contributed by atoms with Crippen molar-refractivity contribution in [3.05, 3.63) is 46.5 Å². The highest BCUT2D eigenvalue weighted by atomic mass is 16.5. The monoisotopic (exact) mass is 734 g/mol. The third kappa shape index (κ3) is 3.34. The van der Waals surface area contributed by atoms with Crippen LogP contribution in [0.25, 0.3) is 0 Å². The number of likely N-dealkylation sites (tertiary alicyclic amines) is 2. The number of fused-ring (bicyclic) bond motifs is 1. The SMILES string of the molecule is NC1=NC([C@]2(N)CC[C@@]3(O)[C@H]4Cc5ccc(O)c6c5[C@@]3(CCN4CC3CC3)[C@H]2O6)=N[C@]12CC[C@@]1(O)[C@H]3Cc4ccc(O)c5c4[C@@]1(CCN3CC1CC1)[C@H]2O5. The van der Waals surface area contributed by atoms with Crippen molar-refractivity contribution in [3.8, 4) is 23.0 Å². The van der Waals surface area contributed by atoms with Gasteiger partial charge in [-0.1, -0.05) is 12.1 Å². The van der Waals surface area contributed by atoms with Gasteiger partial charge in [-0.3, -0.25) is 9.80 Å². The van der Waals surface area contributed by atoms with E-state index in [1.165, 1.54) is 25.7 Å². The number of aliphatic hydroxyl groups is 2. The second kappa shape index (κ2) is 9.57. The predicted octanol–water partition coefficient (Wildman–Crippen LogP) is 2.13. The van der Waals surface area contributed by atoms with Gasteiger partial charge >= 0.3 is 0 Å². The van der Waals surface area contributed by atoms with Gasteiger partial charge in [-0.05, 0) is 125 Å². The van der Waals surface area contributed by atoms with Crippen LogP contribution in [0.15, 0.2) is 34.3 Å². The maximum absolute atomic E-state index is 13.2. The molecule has 12 heteroatoms. The van der Waals surface area contributed by atoms with E-state index < -0.39 is 45.3 Å². The normalized spacial score (nSPS) is 46.1. The molecule has 5 aliphatic heterocycles. The Labute approximate surface area is 314 Å². The molecule has 10 atom stereocenters. The first kappa shape index (κ1) is 31.7. The number of ether oxygens (including phenoxy) is 2. The molecule has 6 aliphatic carbocycles. The van der Waals surface area contributed by atoms with E-state index in [1.54, 1.807) is 12.1 Å². The summed E-state index contributed by atoms with van der Waals surface area (Å²) in [5, 5.41) is 48.9. The van der Waals surface area contributed by atoms with Crippen LogP contribution < -0.4 is 20.9 Å². The van der Waals surface area contributed by atoms with Crippen molar-refractivity contribution in [3.63, 3.8) is 0 Å². The number of phenolic OH excluding ortho intramolecular Hbond substituents is 2. The Hall–Kier alpha value is -3.42. The van der Waals surface area contributed by atoms with Crippen LogP contribution in [0, 0.1) is 11.8 Å². The molecule has 0 aromatic heterocycles. The summed E-state index contributed by atoms with van der Waals surface area (Å²) in [6.45, 7) is 3.63. The molecule has 13 rings (SSSR count). The fourth-order valence-corrected chi connectivity index (χ4v) is 14.3. The van der Waals surface area contributed by atoms with Gasteiger partial charge in [0.1, 0.15) is 23.6 Å². The molecule has 0 amide bonds. The lowest BCUT2D eigenvalue weighted by molar-refractivity contribution is -0.196. The van der Waals surface area contributed by atoms with Gasteiger partial charge in [0, 0.05) is 36.3 Å². The zero-order valence-corrected chi connectivity index (χ0v) is 30.6. The zero-order chi connectivity index (χ0) is 36.4. The van der Waals surface area contributed by atoms with Gasteiger partial charge in [0.15, 0.2) is 34.4 Å². The number of aliphatic imine (C=N–C) groups is 2. The number of rotatable bonds is 5. The average molecular weight is 735 g/mol. The summed E-state index contributed by atoms with van der Waals surface area (Å²) in [6.07, 6.45) is 7.98. The van der Waals surface area contributed by atoms with Crippen molar-refractivity contribution in [2.24, 2.45) is 33.3 Å². The van der Waals surface area contributed by atoms with Crippen LogP contribution in [0.4, 0.5) is 0 Å². The summed E-state index contributed by atoms with van der Waals surface area (Å²) >= 11 is 0. The Balaban J connectivity index is 0.943. The van der Waals surface area contributed by atoms with Gasteiger partial charge < -0.3 is 41.4 Å². The van der Waals surface area contributed by atoms with E-state index in [1.807, 2.05) is 12.1 Å². The van der Waals surface area contributed by atoms with Crippen LogP contribution in [0.5, 0.6) is 23.0 Å². The number of nitrogens with two attached hydrogens (primary N) is 2. The van der Waals surface area contributed by atoms with E-state index in [-0.39, 0.29) is 23.6 Å². The number of aromatic hydroxyl groups is 2. The van der Waals surface area contributed by atoms with Gasteiger partial charge in [-0.15, -0.1) is 0 Å². The highest BCUT2D eigenvalue weighted by molar-refractivity contribution is 6.11. The molecule has 2 aromatic carbocycles. The molecule has 0 radical (unpaired) electrons. The minimum Gasteiger partial charge on any atom is -0.504 e. The third-order valence-corrected chi connectivity index (χ3v) is 17.1. The topological polar surface area (TPSA) is 183 Å². The minimum atomic E-state index is -1.24. The molecule has 5 heterocycles.